The zero-order chi connectivity index (χ0) is 18.6. The predicted octanol–water partition coefficient (Wildman–Crippen LogP) is 3.78. The van der Waals surface area contributed by atoms with E-state index in [9.17, 15) is 14.9 Å². The fourth-order valence-electron chi connectivity index (χ4n) is 2.29. The quantitative estimate of drug-likeness (QED) is 0.323. The van der Waals surface area contributed by atoms with E-state index in [-0.39, 0.29) is 16.8 Å². The number of carbonyl (C=O) groups excluding carboxylic acids is 1. The highest BCUT2D eigenvalue weighted by molar-refractivity contribution is 6.30. The van der Waals surface area contributed by atoms with E-state index in [1.165, 1.54) is 12.0 Å². The van der Waals surface area contributed by atoms with Crippen molar-refractivity contribution >= 4 is 46.4 Å². The third-order valence-electron chi connectivity index (χ3n) is 3.42. The van der Waals surface area contributed by atoms with Gasteiger partial charge in [-0.3, -0.25) is 10.1 Å². The number of halogens is 2. The molecular weight excluding hydrogens is 371 g/mol. The van der Waals surface area contributed by atoms with Gasteiger partial charge in [0.05, 0.1) is 12.0 Å². The van der Waals surface area contributed by atoms with Crippen molar-refractivity contribution in [3.05, 3.63) is 50.9 Å². The van der Waals surface area contributed by atoms with E-state index in [0.29, 0.717) is 17.1 Å². The van der Waals surface area contributed by atoms with Crippen molar-refractivity contribution in [2.45, 2.75) is 19.4 Å². The molecule has 0 fully saturated rings. The number of esters is 1. The zero-order valence-corrected chi connectivity index (χ0v) is 14.9. The number of nitrogens with zero attached hydrogens (tertiary/aromatic N) is 4. The number of carbonyl (C=O) groups is 1. The van der Waals surface area contributed by atoms with E-state index in [1.807, 2.05) is 0 Å². The fraction of sp³-hybridized carbons (Fsp3) is 0.267. The lowest BCUT2D eigenvalue weighted by Crippen LogP contribution is -2.39. The maximum Gasteiger partial charge on any atom is 0.330 e. The molecule has 10 heteroatoms. The van der Waals surface area contributed by atoms with Crippen LogP contribution in [-0.2, 0) is 9.53 Å². The lowest BCUT2D eigenvalue weighted by molar-refractivity contribution is -0.384. The first-order valence-corrected chi connectivity index (χ1v) is 7.94. The Morgan fingerprint density at radius 2 is 2.00 bits per heavy atom. The van der Waals surface area contributed by atoms with Gasteiger partial charge in [-0.15, -0.1) is 0 Å². The number of nitro groups is 1. The Bertz CT molecular complexity index is 786. The highest BCUT2D eigenvalue weighted by Gasteiger charge is 2.33. The molecule has 1 atom stereocenters. The molecule has 0 saturated heterocycles. The average molecular weight is 385 g/mol. The van der Waals surface area contributed by atoms with E-state index >= 15 is 0 Å². The Morgan fingerprint density at radius 3 is 2.52 bits per heavy atom. The van der Waals surface area contributed by atoms with Crippen LogP contribution >= 0.6 is 23.2 Å². The van der Waals surface area contributed by atoms with Crippen LogP contribution in [0.3, 0.4) is 0 Å². The van der Waals surface area contributed by atoms with Crippen molar-refractivity contribution in [2.24, 2.45) is 0 Å². The van der Waals surface area contributed by atoms with Gasteiger partial charge in [0, 0.05) is 10.7 Å². The summed E-state index contributed by atoms with van der Waals surface area (Å²) >= 11 is 11.7. The minimum atomic E-state index is -0.851. The van der Waals surface area contributed by atoms with Gasteiger partial charge in [-0.05, 0) is 42.3 Å². The summed E-state index contributed by atoms with van der Waals surface area (Å²) in [6, 6.07) is 5.59. The van der Waals surface area contributed by atoms with E-state index in [4.69, 9.17) is 27.9 Å². The van der Waals surface area contributed by atoms with Crippen molar-refractivity contribution in [1.82, 2.24) is 9.97 Å². The lowest BCUT2D eigenvalue weighted by atomic mass is 10.1. The van der Waals surface area contributed by atoms with Crippen molar-refractivity contribution in [1.29, 1.82) is 0 Å². The summed E-state index contributed by atoms with van der Waals surface area (Å²) < 4.78 is 4.83. The third-order valence-corrected chi connectivity index (χ3v) is 3.86. The van der Waals surface area contributed by atoms with Crippen LogP contribution in [0.2, 0.25) is 10.3 Å². The first kappa shape index (κ1) is 18.9. The summed E-state index contributed by atoms with van der Waals surface area (Å²) in [4.78, 5) is 32.0. The summed E-state index contributed by atoms with van der Waals surface area (Å²) in [5, 5.41) is 11.7. The summed E-state index contributed by atoms with van der Waals surface area (Å²) in [5.74, 6) is -0.675. The van der Waals surface area contributed by atoms with Gasteiger partial charge in [0.1, 0.15) is 12.2 Å². The summed E-state index contributed by atoms with van der Waals surface area (Å²) in [7, 11) is 1.24. The van der Waals surface area contributed by atoms with Crippen molar-refractivity contribution in [3.63, 3.8) is 0 Å². The van der Waals surface area contributed by atoms with Gasteiger partial charge in [0.2, 0.25) is 11.1 Å². The van der Waals surface area contributed by atoms with Crippen LogP contribution in [0, 0.1) is 10.1 Å². The topological polar surface area (TPSA) is 98.5 Å². The molecule has 1 heterocycles. The van der Waals surface area contributed by atoms with Crippen LogP contribution in [0.25, 0.3) is 0 Å². The average Bonchev–Trinajstić information content (AvgIpc) is 2.59. The largest absolute Gasteiger partial charge is 0.467 e. The highest BCUT2D eigenvalue weighted by Crippen LogP contribution is 2.35. The normalized spacial score (nSPS) is 11.7. The second-order valence-electron chi connectivity index (χ2n) is 4.90. The van der Waals surface area contributed by atoms with Crippen LogP contribution in [0.5, 0.6) is 0 Å². The number of methoxy groups -OCH3 is 1. The van der Waals surface area contributed by atoms with Crippen LogP contribution in [0.1, 0.15) is 13.3 Å². The molecular formula is C15H14Cl2N4O4. The predicted molar refractivity (Wildman–Crippen MR) is 93.4 cm³/mol. The number of aromatic nitrogens is 2. The minimum Gasteiger partial charge on any atom is -0.467 e. The molecule has 0 aliphatic heterocycles. The molecule has 132 valence electrons. The van der Waals surface area contributed by atoms with Crippen LogP contribution in [-0.4, -0.2) is 34.0 Å². The summed E-state index contributed by atoms with van der Waals surface area (Å²) in [5.41, 5.74) is 0.0845. The molecule has 0 saturated carbocycles. The standard InChI is InChI=1S/C15H14Cl2N4O4/c1-3-11(14(22)25-2)20(10-6-4-9(16)5-7-10)13-12(21(23)24)8-18-15(17)19-13/h4-8,11H,3H2,1-2H3. The Hall–Kier alpha value is -2.45. The molecule has 0 radical (unpaired) electrons. The molecule has 0 N–H and O–H groups in total. The summed E-state index contributed by atoms with van der Waals surface area (Å²) in [6.45, 7) is 1.75. The second-order valence-corrected chi connectivity index (χ2v) is 5.67. The third kappa shape index (κ3) is 4.15. The Balaban J connectivity index is 2.71. The molecule has 0 bridgehead atoms. The van der Waals surface area contributed by atoms with E-state index in [0.717, 1.165) is 6.20 Å². The van der Waals surface area contributed by atoms with E-state index in [1.54, 1.807) is 31.2 Å². The number of rotatable bonds is 6. The number of hydrogen-bond donors (Lipinski definition) is 0. The molecule has 8 nitrogen and oxygen atoms in total. The van der Waals surface area contributed by atoms with Gasteiger partial charge in [-0.2, -0.15) is 4.98 Å². The van der Waals surface area contributed by atoms with Gasteiger partial charge in [0.25, 0.3) is 0 Å². The molecule has 2 rings (SSSR count). The molecule has 1 aromatic heterocycles. The number of anilines is 2. The molecule has 0 aliphatic carbocycles. The summed E-state index contributed by atoms with van der Waals surface area (Å²) in [6.07, 6.45) is 1.31. The fourth-order valence-corrected chi connectivity index (χ4v) is 2.55. The highest BCUT2D eigenvalue weighted by atomic mass is 35.5. The van der Waals surface area contributed by atoms with E-state index < -0.39 is 16.9 Å². The van der Waals surface area contributed by atoms with Crippen molar-refractivity contribution in [3.8, 4) is 0 Å². The first-order chi connectivity index (χ1) is 11.9. The first-order valence-electron chi connectivity index (χ1n) is 7.18. The molecule has 2 aromatic rings. The van der Waals surface area contributed by atoms with Crippen LogP contribution in [0.15, 0.2) is 30.5 Å². The second kappa shape index (κ2) is 8.09. The Labute approximate surface area is 153 Å². The van der Waals surface area contributed by atoms with Crippen molar-refractivity contribution in [2.75, 3.05) is 12.0 Å². The maximum absolute atomic E-state index is 12.2. The molecule has 0 aliphatic rings. The van der Waals surface area contributed by atoms with E-state index in [2.05, 4.69) is 9.97 Å². The number of benzene rings is 1. The Kier molecular flexibility index (Phi) is 6.11. The smallest absolute Gasteiger partial charge is 0.330 e. The van der Waals surface area contributed by atoms with Gasteiger partial charge >= 0.3 is 11.7 Å². The molecule has 0 amide bonds. The molecule has 25 heavy (non-hydrogen) atoms. The number of hydrogen-bond acceptors (Lipinski definition) is 7. The number of ether oxygens (including phenoxy) is 1. The van der Waals surface area contributed by atoms with Gasteiger partial charge in [-0.25, -0.2) is 9.78 Å². The SMILES string of the molecule is CCC(C(=O)OC)N(c1ccc(Cl)cc1)c1nc(Cl)ncc1[N+](=O)[O-]. The lowest BCUT2D eigenvalue weighted by Gasteiger charge is -2.29. The van der Waals surface area contributed by atoms with Gasteiger partial charge < -0.3 is 9.64 Å². The van der Waals surface area contributed by atoms with Crippen LogP contribution in [0.4, 0.5) is 17.2 Å². The van der Waals surface area contributed by atoms with Gasteiger partial charge in [0.15, 0.2) is 0 Å². The zero-order valence-electron chi connectivity index (χ0n) is 13.3. The minimum absolute atomic E-state index is 0.107. The van der Waals surface area contributed by atoms with Crippen LogP contribution < -0.4 is 4.90 Å². The molecule has 1 aromatic carbocycles. The molecule has 1 unspecified atom stereocenters. The van der Waals surface area contributed by atoms with Gasteiger partial charge in [-0.1, -0.05) is 18.5 Å². The van der Waals surface area contributed by atoms with Crippen molar-refractivity contribution < 1.29 is 14.5 Å². The monoisotopic (exact) mass is 384 g/mol. The Morgan fingerprint density at radius 1 is 1.36 bits per heavy atom. The maximum atomic E-state index is 12.2. The molecule has 0 spiro atoms.